The van der Waals surface area contributed by atoms with Gasteiger partial charge in [0.05, 0.1) is 6.42 Å². The first kappa shape index (κ1) is 14.1. The molecule has 1 atom stereocenters. The minimum absolute atomic E-state index is 0.152. The molecule has 0 aliphatic heterocycles. The number of H-pyrrole nitrogens is 1. The minimum atomic E-state index is -0.413. The summed E-state index contributed by atoms with van der Waals surface area (Å²) < 4.78 is 0. The highest BCUT2D eigenvalue weighted by atomic mass is 16.2. The lowest BCUT2D eigenvalue weighted by molar-refractivity contribution is -0.119. The molecule has 0 bridgehead atoms. The third-order valence-corrected chi connectivity index (χ3v) is 2.24. The van der Waals surface area contributed by atoms with Gasteiger partial charge in [0, 0.05) is 19.4 Å². The molecule has 99 valence electrons. The van der Waals surface area contributed by atoms with Crippen molar-refractivity contribution in [3.8, 4) is 0 Å². The lowest BCUT2D eigenvalue weighted by atomic mass is 10.0. The van der Waals surface area contributed by atoms with Crippen LogP contribution < -0.4 is 11.1 Å². The van der Waals surface area contributed by atoms with Crippen molar-refractivity contribution in [3.63, 3.8) is 0 Å². The Hall–Kier alpha value is -1.99. The Bertz CT molecular complexity index is 378. The van der Waals surface area contributed by atoms with Crippen LogP contribution in [0.1, 0.15) is 25.6 Å². The molecule has 18 heavy (non-hydrogen) atoms. The van der Waals surface area contributed by atoms with Crippen LogP contribution >= 0.6 is 0 Å². The molecule has 1 heterocycles. The van der Waals surface area contributed by atoms with Gasteiger partial charge in [0.15, 0.2) is 0 Å². The van der Waals surface area contributed by atoms with Gasteiger partial charge >= 0.3 is 0 Å². The van der Waals surface area contributed by atoms with E-state index in [1.807, 2.05) is 0 Å². The van der Waals surface area contributed by atoms with E-state index >= 15 is 0 Å². The summed E-state index contributed by atoms with van der Waals surface area (Å²) in [6.45, 7) is 2.30. The zero-order valence-electron chi connectivity index (χ0n) is 10.2. The first-order chi connectivity index (χ1) is 8.58. The second-order valence-electron chi connectivity index (χ2n) is 4.06. The van der Waals surface area contributed by atoms with Gasteiger partial charge in [0.25, 0.3) is 0 Å². The van der Waals surface area contributed by atoms with Crippen LogP contribution in [0.2, 0.25) is 0 Å². The van der Waals surface area contributed by atoms with E-state index in [2.05, 4.69) is 25.9 Å². The summed E-state index contributed by atoms with van der Waals surface area (Å²) in [6, 6.07) is 0. The van der Waals surface area contributed by atoms with Crippen molar-refractivity contribution < 1.29 is 9.59 Å². The van der Waals surface area contributed by atoms with Gasteiger partial charge in [-0.15, -0.1) is 5.10 Å². The van der Waals surface area contributed by atoms with Gasteiger partial charge in [0.1, 0.15) is 5.82 Å². The molecule has 0 aliphatic carbocycles. The number of tetrazole rings is 1. The number of carbonyl (C=O) groups excluding carboxylic acids is 2. The summed E-state index contributed by atoms with van der Waals surface area (Å²) in [5, 5.41) is 16.0. The molecule has 2 amide bonds. The number of nitrogens with two attached hydrogens (primary N) is 1. The normalized spacial score (nSPS) is 12.1. The van der Waals surface area contributed by atoms with Crippen molar-refractivity contribution in [2.45, 2.75) is 26.2 Å². The molecular formula is C10H17N6O2. The van der Waals surface area contributed by atoms with E-state index in [9.17, 15) is 9.59 Å². The van der Waals surface area contributed by atoms with Crippen LogP contribution in [0, 0.1) is 12.3 Å². The first-order valence-corrected chi connectivity index (χ1v) is 5.71. The van der Waals surface area contributed by atoms with Gasteiger partial charge in [-0.05, 0) is 22.8 Å². The topological polar surface area (TPSA) is 127 Å². The molecule has 0 aromatic carbocycles. The number of carbonyl (C=O) groups is 2. The number of aryl methyl sites for hydroxylation is 1. The van der Waals surface area contributed by atoms with E-state index in [4.69, 9.17) is 5.73 Å². The second-order valence-corrected chi connectivity index (χ2v) is 4.06. The Labute approximate surface area is 105 Å². The Kier molecular flexibility index (Phi) is 5.75. The SMILES string of the molecule is C[C@@H]([CH]C(=O)NCCCc1nnn[nH]1)CC(N)=O. The van der Waals surface area contributed by atoms with E-state index in [0.29, 0.717) is 18.8 Å². The number of hydrogen-bond acceptors (Lipinski definition) is 5. The van der Waals surface area contributed by atoms with E-state index in [1.54, 1.807) is 6.92 Å². The molecule has 1 radical (unpaired) electrons. The Morgan fingerprint density at radius 2 is 2.33 bits per heavy atom. The maximum Gasteiger partial charge on any atom is 0.224 e. The third kappa shape index (κ3) is 5.92. The molecule has 0 saturated heterocycles. The molecule has 0 unspecified atom stereocenters. The van der Waals surface area contributed by atoms with Crippen LogP contribution in [-0.2, 0) is 16.0 Å². The van der Waals surface area contributed by atoms with Crippen molar-refractivity contribution in [3.05, 3.63) is 12.2 Å². The molecule has 0 aliphatic rings. The standard InChI is InChI=1S/C10H17N6O2/c1-7(5-8(11)17)6-10(18)12-4-2-3-9-13-15-16-14-9/h6-7H,2-5H2,1H3,(H2,11,17)(H,12,18)(H,13,14,15,16)/t7-/m1/s1. The van der Waals surface area contributed by atoms with Crippen molar-refractivity contribution in [2.75, 3.05) is 6.54 Å². The zero-order valence-corrected chi connectivity index (χ0v) is 10.2. The van der Waals surface area contributed by atoms with Crippen LogP contribution in [0.15, 0.2) is 0 Å². The number of rotatable bonds is 8. The molecular weight excluding hydrogens is 236 g/mol. The Morgan fingerprint density at radius 1 is 1.56 bits per heavy atom. The number of amides is 2. The maximum absolute atomic E-state index is 11.4. The fourth-order valence-electron chi connectivity index (χ4n) is 1.45. The number of aromatic nitrogens is 4. The first-order valence-electron chi connectivity index (χ1n) is 5.71. The summed E-state index contributed by atoms with van der Waals surface area (Å²) >= 11 is 0. The molecule has 1 aromatic rings. The monoisotopic (exact) mass is 253 g/mol. The zero-order chi connectivity index (χ0) is 13.4. The Morgan fingerprint density at radius 3 is 2.94 bits per heavy atom. The average Bonchev–Trinajstić information content (AvgIpc) is 2.75. The fourth-order valence-corrected chi connectivity index (χ4v) is 1.45. The Balaban J connectivity index is 2.08. The summed E-state index contributed by atoms with van der Waals surface area (Å²) in [5.41, 5.74) is 5.03. The van der Waals surface area contributed by atoms with E-state index < -0.39 is 5.91 Å². The molecule has 0 spiro atoms. The number of primary amides is 1. The number of aromatic amines is 1. The quantitative estimate of drug-likeness (QED) is 0.510. The van der Waals surface area contributed by atoms with Crippen LogP contribution in [0.3, 0.4) is 0 Å². The molecule has 8 heteroatoms. The van der Waals surface area contributed by atoms with Crippen molar-refractivity contribution in [1.82, 2.24) is 25.9 Å². The third-order valence-electron chi connectivity index (χ3n) is 2.24. The fraction of sp³-hybridized carbons (Fsp3) is 0.600. The van der Waals surface area contributed by atoms with Crippen molar-refractivity contribution in [1.29, 1.82) is 0 Å². The van der Waals surface area contributed by atoms with Gasteiger partial charge < -0.3 is 11.1 Å². The predicted octanol–water partition coefficient (Wildman–Crippen LogP) is -1.04. The average molecular weight is 253 g/mol. The molecule has 1 rings (SSSR count). The smallest absolute Gasteiger partial charge is 0.224 e. The molecule has 4 N–H and O–H groups in total. The van der Waals surface area contributed by atoms with Crippen molar-refractivity contribution in [2.24, 2.45) is 11.7 Å². The summed E-state index contributed by atoms with van der Waals surface area (Å²) in [6.07, 6.45) is 3.04. The lowest BCUT2D eigenvalue weighted by Crippen LogP contribution is -2.28. The van der Waals surface area contributed by atoms with E-state index in [1.165, 1.54) is 6.42 Å². The highest BCUT2D eigenvalue weighted by molar-refractivity contribution is 5.86. The van der Waals surface area contributed by atoms with Crippen LogP contribution in [0.5, 0.6) is 0 Å². The van der Waals surface area contributed by atoms with Crippen LogP contribution in [0.4, 0.5) is 0 Å². The highest BCUT2D eigenvalue weighted by Gasteiger charge is 2.11. The number of hydrogen-bond donors (Lipinski definition) is 3. The van der Waals surface area contributed by atoms with Gasteiger partial charge in [-0.2, -0.15) is 0 Å². The van der Waals surface area contributed by atoms with Gasteiger partial charge in [-0.3, -0.25) is 9.59 Å². The summed E-state index contributed by atoms with van der Waals surface area (Å²) in [4.78, 5) is 22.1. The second kappa shape index (κ2) is 7.36. The molecule has 8 nitrogen and oxygen atoms in total. The van der Waals surface area contributed by atoms with Crippen LogP contribution in [0.25, 0.3) is 0 Å². The minimum Gasteiger partial charge on any atom is -0.370 e. The number of nitrogens with zero attached hydrogens (tertiary/aromatic N) is 3. The van der Waals surface area contributed by atoms with Crippen molar-refractivity contribution >= 4 is 11.8 Å². The van der Waals surface area contributed by atoms with Gasteiger partial charge in [-0.1, -0.05) is 6.92 Å². The summed E-state index contributed by atoms with van der Waals surface area (Å²) in [5.74, 6) is -0.0693. The largest absolute Gasteiger partial charge is 0.370 e. The lowest BCUT2D eigenvalue weighted by Gasteiger charge is -2.08. The predicted molar refractivity (Wildman–Crippen MR) is 62.8 cm³/mol. The van der Waals surface area contributed by atoms with Gasteiger partial charge in [0.2, 0.25) is 11.8 Å². The highest BCUT2D eigenvalue weighted by Crippen LogP contribution is 2.04. The molecule has 0 saturated carbocycles. The molecule has 1 aromatic heterocycles. The van der Waals surface area contributed by atoms with Crippen LogP contribution in [-0.4, -0.2) is 39.0 Å². The molecule has 0 fully saturated rings. The van der Waals surface area contributed by atoms with E-state index in [-0.39, 0.29) is 18.2 Å². The van der Waals surface area contributed by atoms with Gasteiger partial charge in [-0.25, -0.2) is 5.10 Å². The van der Waals surface area contributed by atoms with E-state index in [0.717, 1.165) is 6.42 Å². The summed E-state index contributed by atoms with van der Waals surface area (Å²) in [7, 11) is 0. The maximum atomic E-state index is 11.4. The number of nitrogens with one attached hydrogen (secondary N) is 2.